The summed E-state index contributed by atoms with van der Waals surface area (Å²) in [6, 6.07) is 1.99. The van der Waals surface area contributed by atoms with Crippen molar-refractivity contribution in [2.75, 3.05) is 45.1 Å². The fourth-order valence-electron chi connectivity index (χ4n) is 1.96. The molecule has 0 saturated carbocycles. The Hall–Kier alpha value is -0.720. The van der Waals surface area contributed by atoms with Gasteiger partial charge >= 0.3 is 0 Å². The second-order valence-corrected chi connectivity index (χ2v) is 5.73. The molecule has 0 radical (unpaired) electrons. The average molecular weight is 280 g/mol. The molecule has 0 aliphatic rings. The van der Waals surface area contributed by atoms with Gasteiger partial charge in [0, 0.05) is 12.2 Å². The maximum Gasteiger partial charge on any atom is 0.102 e. The van der Waals surface area contributed by atoms with Gasteiger partial charge in [0.05, 0.1) is 48.9 Å². The Morgan fingerprint density at radius 2 is 1.67 bits per heavy atom. The highest BCUT2D eigenvalue weighted by atomic mass is 32.2. The standard InChI is InChI=1S/C10H20N2O5S/c11-3-1-4-12(6-8-13,7-9-14)5-2-10-18(15,16)17/h13-14H,1-2,4-10H2. The number of rotatable bonds is 10. The molecule has 0 amide bonds. The van der Waals surface area contributed by atoms with Crippen LogP contribution in [0.25, 0.3) is 0 Å². The second-order valence-electron chi connectivity index (χ2n) is 4.21. The Kier molecular flexibility index (Phi) is 8.06. The van der Waals surface area contributed by atoms with Crippen LogP contribution in [0.4, 0.5) is 0 Å². The van der Waals surface area contributed by atoms with Crippen molar-refractivity contribution in [3.05, 3.63) is 0 Å². The van der Waals surface area contributed by atoms with Gasteiger partial charge in [-0.05, 0) is 0 Å². The molecular formula is C10H20N2O5S. The first-order chi connectivity index (χ1) is 8.39. The summed E-state index contributed by atoms with van der Waals surface area (Å²) in [5.41, 5.74) is 0. The molecule has 0 rings (SSSR count). The van der Waals surface area contributed by atoms with Crippen LogP contribution in [-0.2, 0) is 10.1 Å². The van der Waals surface area contributed by atoms with Crippen LogP contribution < -0.4 is 0 Å². The van der Waals surface area contributed by atoms with E-state index in [1.165, 1.54) is 0 Å². The molecule has 8 heteroatoms. The minimum Gasteiger partial charge on any atom is -0.748 e. The molecule has 0 bridgehead atoms. The molecule has 0 saturated heterocycles. The maximum absolute atomic E-state index is 10.5. The minimum atomic E-state index is -4.25. The molecule has 2 N–H and O–H groups in total. The maximum atomic E-state index is 10.5. The lowest BCUT2D eigenvalue weighted by Gasteiger charge is -2.37. The zero-order chi connectivity index (χ0) is 14.1. The first-order valence-electron chi connectivity index (χ1n) is 5.76. The summed E-state index contributed by atoms with van der Waals surface area (Å²) in [6.07, 6.45) is 0.418. The summed E-state index contributed by atoms with van der Waals surface area (Å²) in [4.78, 5) is 0. The van der Waals surface area contributed by atoms with Crippen LogP contribution in [0.2, 0.25) is 0 Å². The Morgan fingerprint density at radius 1 is 1.11 bits per heavy atom. The highest BCUT2D eigenvalue weighted by Crippen LogP contribution is 2.10. The SMILES string of the molecule is N#CCC[N+](CCO)(CCO)CCCS(=O)(=O)[O-]. The minimum absolute atomic E-state index is 0.116. The Morgan fingerprint density at radius 3 is 2.06 bits per heavy atom. The van der Waals surface area contributed by atoms with E-state index in [1.54, 1.807) is 0 Å². The van der Waals surface area contributed by atoms with Crippen molar-refractivity contribution in [3.63, 3.8) is 0 Å². The van der Waals surface area contributed by atoms with Crippen molar-refractivity contribution in [2.45, 2.75) is 12.8 Å². The van der Waals surface area contributed by atoms with Crippen LogP contribution in [0, 0.1) is 11.3 Å². The van der Waals surface area contributed by atoms with E-state index in [1.807, 2.05) is 6.07 Å². The van der Waals surface area contributed by atoms with Crippen LogP contribution in [0.15, 0.2) is 0 Å². The van der Waals surface area contributed by atoms with Crippen molar-refractivity contribution in [1.82, 2.24) is 0 Å². The van der Waals surface area contributed by atoms with E-state index in [-0.39, 0.29) is 30.5 Å². The summed E-state index contributed by atoms with van der Waals surface area (Å²) in [7, 11) is -4.25. The molecule has 0 heterocycles. The van der Waals surface area contributed by atoms with E-state index < -0.39 is 15.9 Å². The van der Waals surface area contributed by atoms with Gasteiger partial charge in [-0.2, -0.15) is 5.26 Å². The van der Waals surface area contributed by atoms with Crippen molar-refractivity contribution >= 4 is 10.1 Å². The number of hydrogen-bond donors (Lipinski definition) is 2. The monoisotopic (exact) mass is 280 g/mol. The summed E-state index contributed by atoms with van der Waals surface area (Å²) in [5, 5.41) is 26.6. The van der Waals surface area contributed by atoms with Crippen molar-refractivity contribution in [3.8, 4) is 6.07 Å². The molecule has 0 spiro atoms. The summed E-state index contributed by atoms with van der Waals surface area (Å²) in [6.45, 7) is 1.22. The first-order valence-corrected chi connectivity index (χ1v) is 7.34. The lowest BCUT2D eigenvalue weighted by Crippen LogP contribution is -2.53. The molecule has 0 aromatic heterocycles. The van der Waals surface area contributed by atoms with Crippen molar-refractivity contribution < 1.29 is 27.7 Å². The van der Waals surface area contributed by atoms with E-state index in [0.717, 1.165) is 0 Å². The van der Waals surface area contributed by atoms with Gasteiger partial charge in [0.1, 0.15) is 13.1 Å². The van der Waals surface area contributed by atoms with E-state index >= 15 is 0 Å². The van der Waals surface area contributed by atoms with Gasteiger partial charge in [0.25, 0.3) is 0 Å². The Labute approximate surface area is 108 Å². The zero-order valence-corrected chi connectivity index (χ0v) is 11.1. The average Bonchev–Trinajstić information content (AvgIpc) is 2.25. The van der Waals surface area contributed by atoms with Crippen molar-refractivity contribution in [2.24, 2.45) is 0 Å². The molecule has 0 unspecified atom stereocenters. The van der Waals surface area contributed by atoms with Crippen LogP contribution in [0.3, 0.4) is 0 Å². The summed E-state index contributed by atoms with van der Waals surface area (Å²) >= 11 is 0. The number of hydrogen-bond acceptors (Lipinski definition) is 6. The molecule has 0 aromatic rings. The quantitative estimate of drug-likeness (QED) is 0.376. The molecule has 7 nitrogen and oxygen atoms in total. The zero-order valence-electron chi connectivity index (χ0n) is 10.3. The normalized spacial score (nSPS) is 12.3. The number of quaternary nitrogens is 1. The Balaban J connectivity index is 4.55. The largest absolute Gasteiger partial charge is 0.748 e. The van der Waals surface area contributed by atoms with Gasteiger partial charge < -0.3 is 19.2 Å². The van der Waals surface area contributed by atoms with Gasteiger partial charge in [-0.25, -0.2) is 8.42 Å². The van der Waals surface area contributed by atoms with Crippen LogP contribution in [0.5, 0.6) is 0 Å². The molecular weight excluding hydrogens is 260 g/mol. The number of aliphatic hydroxyl groups excluding tert-OH is 2. The van der Waals surface area contributed by atoms with Crippen LogP contribution in [-0.4, -0.2) is 72.8 Å². The fraction of sp³-hybridized carbons (Fsp3) is 0.900. The van der Waals surface area contributed by atoms with Crippen LogP contribution >= 0.6 is 0 Å². The predicted octanol–water partition coefficient (Wildman–Crippen LogP) is -1.36. The molecule has 18 heavy (non-hydrogen) atoms. The van der Waals surface area contributed by atoms with Gasteiger partial charge in [-0.1, -0.05) is 0 Å². The van der Waals surface area contributed by atoms with Gasteiger partial charge in [-0.3, -0.25) is 0 Å². The topological polar surface area (TPSA) is 121 Å². The second kappa shape index (κ2) is 8.39. The van der Waals surface area contributed by atoms with Crippen molar-refractivity contribution in [1.29, 1.82) is 5.26 Å². The van der Waals surface area contributed by atoms with Gasteiger partial charge in [-0.15, -0.1) is 0 Å². The number of aliphatic hydroxyl groups is 2. The van der Waals surface area contributed by atoms with E-state index in [2.05, 4.69) is 0 Å². The third kappa shape index (κ3) is 7.58. The molecule has 0 aromatic carbocycles. The highest BCUT2D eigenvalue weighted by Gasteiger charge is 2.25. The van der Waals surface area contributed by atoms with Gasteiger partial charge in [0.15, 0.2) is 0 Å². The molecule has 0 aliphatic carbocycles. The highest BCUT2D eigenvalue weighted by molar-refractivity contribution is 7.85. The third-order valence-corrected chi connectivity index (χ3v) is 3.66. The molecule has 0 fully saturated rings. The smallest absolute Gasteiger partial charge is 0.102 e. The Bertz CT molecular complexity index is 357. The van der Waals surface area contributed by atoms with E-state index in [9.17, 15) is 13.0 Å². The third-order valence-electron chi connectivity index (χ3n) is 2.87. The first kappa shape index (κ1) is 17.3. The summed E-state index contributed by atoms with van der Waals surface area (Å²) < 4.78 is 31.9. The fourth-order valence-corrected chi connectivity index (χ4v) is 2.44. The van der Waals surface area contributed by atoms with Crippen LogP contribution in [0.1, 0.15) is 12.8 Å². The summed E-state index contributed by atoms with van der Waals surface area (Å²) in [5.74, 6) is -0.462. The molecule has 0 aliphatic heterocycles. The predicted molar refractivity (Wildman–Crippen MR) is 63.3 cm³/mol. The number of nitrogens with zero attached hydrogens (tertiary/aromatic N) is 2. The van der Waals surface area contributed by atoms with E-state index in [4.69, 9.17) is 15.5 Å². The lowest BCUT2D eigenvalue weighted by molar-refractivity contribution is -0.928. The van der Waals surface area contributed by atoms with Gasteiger partial charge in [0.2, 0.25) is 0 Å². The molecule has 0 atom stereocenters. The molecule has 106 valence electrons. The lowest BCUT2D eigenvalue weighted by atomic mass is 10.2. The van der Waals surface area contributed by atoms with E-state index in [0.29, 0.717) is 26.2 Å². The number of nitriles is 1.